The fraction of sp³-hybridized carbons (Fsp3) is 0.234. The van der Waals surface area contributed by atoms with Gasteiger partial charge in [-0.15, -0.1) is 34.8 Å². The van der Waals surface area contributed by atoms with E-state index in [1.807, 2.05) is 0 Å². The van der Waals surface area contributed by atoms with Crippen molar-refractivity contribution in [2.24, 2.45) is 20.5 Å². The first-order valence-corrected chi connectivity index (χ1v) is 22.7. The van der Waals surface area contributed by atoms with Crippen molar-refractivity contribution in [2.75, 3.05) is 47.2 Å². The van der Waals surface area contributed by atoms with Crippen LogP contribution in [-0.4, -0.2) is 73.3 Å². The lowest BCUT2D eigenvalue weighted by Gasteiger charge is -2.15. The third-order valence-corrected chi connectivity index (χ3v) is 10.9. The molecular formula is C47H43Cl5N8O8. The number of nitrogens with zero attached hydrogens (tertiary/aromatic N) is 4. The van der Waals surface area contributed by atoms with Crippen molar-refractivity contribution in [3.8, 4) is 11.5 Å². The van der Waals surface area contributed by atoms with Crippen molar-refractivity contribution >= 4 is 127 Å². The molecule has 0 bridgehead atoms. The van der Waals surface area contributed by atoms with Crippen LogP contribution in [-0.2, 0) is 37.9 Å². The van der Waals surface area contributed by atoms with Crippen LogP contribution in [0, 0.1) is 0 Å². The summed E-state index contributed by atoms with van der Waals surface area (Å²) in [7, 11) is 3.06. The maximum Gasteiger partial charge on any atom is 0.258 e. The molecular weight excluding hydrogens is 982 g/mol. The zero-order chi connectivity index (χ0) is 49.5. The molecule has 5 rings (SSSR count). The van der Waals surface area contributed by atoms with Gasteiger partial charge in [0.25, 0.3) is 23.6 Å². The predicted molar refractivity (Wildman–Crippen MR) is 265 cm³/mol. The van der Waals surface area contributed by atoms with Gasteiger partial charge >= 0.3 is 0 Å². The van der Waals surface area contributed by atoms with Gasteiger partial charge in [0, 0.05) is 61.6 Å². The highest BCUT2D eigenvalue weighted by molar-refractivity contribution is 6.32. The van der Waals surface area contributed by atoms with Crippen molar-refractivity contribution in [1.82, 2.24) is 0 Å². The zero-order valence-corrected chi connectivity index (χ0v) is 40.6. The van der Waals surface area contributed by atoms with Gasteiger partial charge < -0.3 is 30.7 Å². The fourth-order valence-corrected chi connectivity index (χ4v) is 7.46. The normalized spacial score (nSPS) is 12.0. The van der Waals surface area contributed by atoms with Gasteiger partial charge in [-0.3, -0.25) is 28.8 Å². The number of hydrogen-bond donors (Lipinski definition) is 4. The number of carbonyl (C=O) groups is 6. The highest BCUT2D eigenvalue weighted by Gasteiger charge is 2.26. The Hall–Kier alpha value is -6.43. The first kappa shape index (κ1) is 52.5. The Bertz CT molecular complexity index is 2790. The third-order valence-electron chi connectivity index (χ3n) is 9.76. The van der Waals surface area contributed by atoms with E-state index in [2.05, 4.69) is 41.7 Å². The summed E-state index contributed by atoms with van der Waals surface area (Å²) >= 11 is 30.8. The molecule has 354 valence electrons. The lowest BCUT2D eigenvalue weighted by molar-refractivity contribution is -0.127. The Kier molecular flexibility index (Phi) is 19.4. The second-order valence-electron chi connectivity index (χ2n) is 14.7. The number of methoxy groups -OCH3 is 2. The lowest BCUT2D eigenvalue weighted by Crippen LogP contribution is -2.32. The first-order chi connectivity index (χ1) is 32.5. The van der Waals surface area contributed by atoms with Crippen molar-refractivity contribution in [3.05, 3.63) is 129 Å². The van der Waals surface area contributed by atoms with Crippen LogP contribution < -0.4 is 30.7 Å². The van der Waals surface area contributed by atoms with E-state index in [9.17, 15) is 28.8 Å². The molecule has 21 heteroatoms. The SMILES string of the molecule is COc1ccc(NC(=O)c2cc(Cl)cc(N=NC(C(C)=O)C(=O)Nc3ccc(NC(=O)C(N=Nc4cc(Cl)cc(C(=O)Nc5ccc(OC)cc5CCCl)c4)C(C)=O)c(CCl)c3)c2)c(CCCl)c1. The number of azo groups is 2. The fourth-order valence-electron chi connectivity index (χ4n) is 6.37. The third kappa shape index (κ3) is 14.5. The maximum atomic E-state index is 13.4. The van der Waals surface area contributed by atoms with Gasteiger partial charge in [0.2, 0.25) is 12.1 Å². The number of nitrogens with one attached hydrogen (secondary N) is 4. The van der Waals surface area contributed by atoms with Crippen LogP contribution in [0.15, 0.2) is 111 Å². The molecule has 16 nitrogen and oxygen atoms in total. The van der Waals surface area contributed by atoms with E-state index in [0.29, 0.717) is 53.0 Å². The molecule has 0 radical (unpaired) electrons. The Labute approximate surface area is 416 Å². The van der Waals surface area contributed by atoms with E-state index < -0.39 is 47.3 Å². The van der Waals surface area contributed by atoms with Gasteiger partial charge in [-0.05, 0) is 134 Å². The lowest BCUT2D eigenvalue weighted by atomic mass is 10.1. The molecule has 0 aliphatic rings. The first-order valence-electron chi connectivity index (χ1n) is 20.4. The molecule has 5 aromatic carbocycles. The molecule has 2 unspecified atom stereocenters. The Morgan fingerprint density at radius 1 is 0.529 bits per heavy atom. The number of carbonyl (C=O) groups excluding carboxylic acids is 6. The number of hydrogen-bond acceptors (Lipinski definition) is 12. The number of ketones is 2. The number of Topliss-reactive ketones (excluding diaryl/α,β-unsaturated/α-hetero) is 2. The summed E-state index contributed by atoms with van der Waals surface area (Å²) in [5.74, 6) is -2.38. The number of ether oxygens (including phenoxy) is 2. The number of aryl methyl sites for hydroxylation is 2. The van der Waals surface area contributed by atoms with Crippen LogP contribution in [0.3, 0.4) is 0 Å². The molecule has 0 fully saturated rings. The van der Waals surface area contributed by atoms with E-state index in [1.165, 1.54) is 68.8 Å². The van der Waals surface area contributed by atoms with E-state index in [0.717, 1.165) is 25.0 Å². The summed E-state index contributed by atoms with van der Waals surface area (Å²) in [6.07, 6.45) is 0.926. The van der Waals surface area contributed by atoms with Gasteiger partial charge in [0.1, 0.15) is 11.5 Å². The number of alkyl halides is 3. The molecule has 68 heavy (non-hydrogen) atoms. The molecule has 0 saturated heterocycles. The molecule has 5 aromatic rings. The number of anilines is 4. The largest absolute Gasteiger partial charge is 0.497 e. The predicted octanol–water partition coefficient (Wildman–Crippen LogP) is 11.2. The van der Waals surface area contributed by atoms with E-state index in [1.54, 1.807) is 36.4 Å². The standard InChI is InChI=1S/C47H43Cl5N8O8/c1-25(61)42(59-57-35-17-29(15-32(51)22-35)44(63)54-39-9-6-37(67-3)20-27(39)11-13-48)46(65)53-34-5-8-41(31(19-34)24-50)56-47(66)43(26(2)62)60-58-36-18-30(16-33(52)23-36)45(64)55-40-10-7-38(68-4)21-28(40)12-14-49/h5-10,15-23,42-43H,11-14,24H2,1-4H3,(H,53,65)(H,54,63)(H,55,64)(H,56,66). The van der Waals surface area contributed by atoms with Gasteiger partial charge in [-0.1, -0.05) is 23.2 Å². The second kappa shape index (κ2) is 25.1. The summed E-state index contributed by atoms with van der Waals surface area (Å²) in [5.41, 5.74) is 3.65. The van der Waals surface area contributed by atoms with Crippen LogP contribution in [0.4, 0.5) is 34.1 Å². The minimum absolute atomic E-state index is 0.0880. The van der Waals surface area contributed by atoms with Crippen LogP contribution in [0.5, 0.6) is 11.5 Å². The van der Waals surface area contributed by atoms with Gasteiger partial charge in [-0.25, -0.2) is 0 Å². The molecule has 0 aliphatic carbocycles. The zero-order valence-electron chi connectivity index (χ0n) is 36.8. The number of amides is 4. The number of halogens is 5. The molecule has 0 heterocycles. The summed E-state index contributed by atoms with van der Waals surface area (Å²) in [4.78, 5) is 78.7. The monoisotopic (exact) mass is 1020 g/mol. The van der Waals surface area contributed by atoms with Gasteiger partial charge in [0.15, 0.2) is 11.6 Å². The van der Waals surface area contributed by atoms with Crippen molar-refractivity contribution < 1.29 is 38.2 Å². The molecule has 0 aliphatic heterocycles. The van der Waals surface area contributed by atoms with Crippen LogP contribution in [0.2, 0.25) is 10.0 Å². The highest BCUT2D eigenvalue weighted by Crippen LogP contribution is 2.29. The molecule has 0 aromatic heterocycles. The summed E-state index contributed by atoms with van der Waals surface area (Å²) in [6, 6.07) is 19.8. The quantitative estimate of drug-likeness (QED) is 0.0314. The summed E-state index contributed by atoms with van der Waals surface area (Å²) in [5, 5.41) is 27.2. The van der Waals surface area contributed by atoms with Crippen LogP contribution in [0.1, 0.15) is 51.3 Å². The summed E-state index contributed by atoms with van der Waals surface area (Å²) < 4.78 is 10.6. The van der Waals surface area contributed by atoms with E-state index >= 15 is 0 Å². The molecule has 4 N–H and O–H groups in total. The second-order valence-corrected chi connectivity index (χ2v) is 16.6. The highest BCUT2D eigenvalue weighted by atomic mass is 35.5. The van der Waals surface area contributed by atoms with E-state index in [4.69, 9.17) is 67.5 Å². The molecule has 0 saturated carbocycles. The number of rotatable bonds is 21. The smallest absolute Gasteiger partial charge is 0.258 e. The van der Waals surface area contributed by atoms with Crippen LogP contribution >= 0.6 is 58.0 Å². The number of benzene rings is 5. The molecule has 2 atom stereocenters. The van der Waals surface area contributed by atoms with Crippen molar-refractivity contribution in [2.45, 2.75) is 44.7 Å². The average molecular weight is 1030 g/mol. The van der Waals surface area contributed by atoms with Gasteiger partial charge in [0.05, 0.1) is 25.6 Å². The Balaban J connectivity index is 1.26. The van der Waals surface area contributed by atoms with Crippen LogP contribution in [0.25, 0.3) is 0 Å². The topological polar surface area (TPSA) is 218 Å². The maximum absolute atomic E-state index is 13.4. The molecule has 4 amide bonds. The minimum atomic E-state index is -1.62. The Morgan fingerprint density at radius 3 is 1.37 bits per heavy atom. The molecule has 0 spiro atoms. The van der Waals surface area contributed by atoms with Crippen molar-refractivity contribution in [3.63, 3.8) is 0 Å². The van der Waals surface area contributed by atoms with E-state index in [-0.39, 0.29) is 49.8 Å². The summed E-state index contributed by atoms with van der Waals surface area (Å²) in [6.45, 7) is 2.31. The minimum Gasteiger partial charge on any atom is -0.497 e. The Morgan fingerprint density at radius 2 is 0.956 bits per heavy atom. The van der Waals surface area contributed by atoms with Crippen molar-refractivity contribution in [1.29, 1.82) is 0 Å². The average Bonchev–Trinajstić information content (AvgIpc) is 3.30. The van der Waals surface area contributed by atoms with Gasteiger partial charge in [-0.2, -0.15) is 20.5 Å².